The molecule has 1 aliphatic rings. The van der Waals surface area contributed by atoms with E-state index in [2.05, 4.69) is 37.2 Å². The molecule has 0 saturated heterocycles. The Morgan fingerprint density at radius 2 is 1.80 bits per heavy atom. The fourth-order valence-electron chi connectivity index (χ4n) is 1.86. The third-order valence-corrected chi connectivity index (χ3v) is 5.91. The number of halogens is 3. The monoisotopic (exact) mass is 437 g/mol. The molecular weight excluding hydrogens is 429 g/mol. The van der Waals surface area contributed by atoms with Gasteiger partial charge < -0.3 is 14.8 Å². The van der Waals surface area contributed by atoms with Crippen molar-refractivity contribution in [3.8, 4) is 11.5 Å². The summed E-state index contributed by atoms with van der Waals surface area (Å²) in [6, 6.07) is 5.89. The van der Waals surface area contributed by atoms with Gasteiger partial charge in [-0.3, -0.25) is 0 Å². The molecule has 0 unspecified atom stereocenters. The first-order valence-electron chi connectivity index (χ1n) is 5.90. The van der Waals surface area contributed by atoms with Crippen LogP contribution in [0.15, 0.2) is 27.1 Å². The maximum atomic E-state index is 6.04. The Morgan fingerprint density at radius 1 is 1.10 bits per heavy atom. The van der Waals surface area contributed by atoms with Crippen LogP contribution in [-0.2, 0) is 6.54 Å². The van der Waals surface area contributed by atoms with E-state index in [1.807, 2.05) is 18.2 Å². The Balaban J connectivity index is 1.77. The highest BCUT2D eigenvalue weighted by molar-refractivity contribution is 9.11. The highest BCUT2D eigenvalue weighted by atomic mass is 79.9. The molecule has 1 aromatic heterocycles. The van der Waals surface area contributed by atoms with Crippen LogP contribution in [0.2, 0.25) is 4.34 Å². The lowest BCUT2D eigenvalue weighted by Gasteiger charge is -2.20. The van der Waals surface area contributed by atoms with Gasteiger partial charge in [0, 0.05) is 32.5 Å². The zero-order valence-electron chi connectivity index (χ0n) is 10.2. The minimum absolute atomic E-state index is 0.585. The van der Waals surface area contributed by atoms with Crippen LogP contribution in [0.3, 0.4) is 0 Å². The molecule has 0 amide bonds. The van der Waals surface area contributed by atoms with E-state index in [4.69, 9.17) is 21.1 Å². The highest BCUT2D eigenvalue weighted by Crippen LogP contribution is 2.39. The molecule has 0 radical (unpaired) electrons. The van der Waals surface area contributed by atoms with Crippen molar-refractivity contribution < 1.29 is 9.47 Å². The summed E-state index contributed by atoms with van der Waals surface area (Å²) in [6.45, 7) is 1.88. The second kappa shape index (κ2) is 6.13. The van der Waals surface area contributed by atoms with E-state index in [0.717, 1.165) is 35.3 Å². The summed E-state index contributed by atoms with van der Waals surface area (Å²) in [5, 5.41) is 3.37. The average molecular weight is 440 g/mol. The van der Waals surface area contributed by atoms with Crippen LogP contribution in [0.1, 0.15) is 4.88 Å². The van der Waals surface area contributed by atoms with Crippen LogP contribution in [0, 0.1) is 0 Å². The summed E-state index contributed by atoms with van der Waals surface area (Å²) in [5.41, 5.74) is 0.967. The molecule has 0 bridgehead atoms. The van der Waals surface area contributed by atoms with Gasteiger partial charge in [-0.1, -0.05) is 11.6 Å². The van der Waals surface area contributed by atoms with Crippen molar-refractivity contribution in [3.05, 3.63) is 36.4 Å². The first kappa shape index (κ1) is 14.5. The molecular formula is C13H10Br2ClNO2S. The van der Waals surface area contributed by atoms with Crippen LogP contribution in [0.4, 0.5) is 5.69 Å². The van der Waals surface area contributed by atoms with Gasteiger partial charge in [0.25, 0.3) is 0 Å². The second-order valence-corrected chi connectivity index (χ2v) is 7.61. The smallest absolute Gasteiger partial charge is 0.163 e. The van der Waals surface area contributed by atoms with Crippen molar-refractivity contribution in [2.24, 2.45) is 0 Å². The second-order valence-electron chi connectivity index (χ2n) is 4.16. The Morgan fingerprint density at radius 3 is 2.45 bits per heavy atom. The summed E-state index contributed by atoms with van der Waals surface area (Å²) < 4.78 is 13.8. The minimum Gasteiger partial charge on any atom is -0.486 e. The third kappa shape index (κ3) is 3.08. The Bertz CT molecular complexity index is 628. The van der Waals surface area contributed by atoms with E-state index in [1.54, 1.807) is 11.3 Å². The predicted octanol–water partition coefficient (Wildman–Crippen LogP) is 5.31. The number of anilines is 1. The standard InChI is InChI=1S/C13H10Br2ClNO2S/c14-8-4-11-12(19-2-1-18-11)5-10(8)17-6-7-3-9(15)13(16)20-7/h3-5,17H,1-2,6H2. The van der Waals surface area contributed by atoms with Crippen molar-refractivity contribution in [1.82, 2.24) is 0 Å². The van der Waals surface area contributed by atoms with Crippen molar-refractivity contribution in [1.29, 1.82) is 0 Å². The lowest BCUT2D eigenvalue weighted by molar-refractivity contribution is 0.171. The van der Waals surface area contributed by atoms with E-state index in [-0.39, 0.29) is 0 Å². The summed E-state index contributed by atoms with van der Waals surface area (Å²) in [6.07, 6.45) is 0. The quantitative estimate of drug-likeness (QED) is 0.703. The van der Waals surface area contributed by atoms with E-state index in [9.17, 15) is 0 Å². The van der Waals surface area contributed by atoms with Gasteiger partial charge in [0.15, 0.2) is 11.5 Å². The van der Waals surface area contributed by atoms with Gasteiger partial charge in [-0.25, -0.2) is 0 Å². The van der Waals surface area contributed by atoms with E-state index >= 15 is 0 Å². The van der Waals surface area contributed by atoms with Crippen molar-refractivity contribution in [2.45, 2.75) is 6.54 Å². The zero-order valence-corrected chi connectivity index (χ0v) is 15.0. The number of thiophene rings is 1. The topological polar surface area (TPSA) is 30.5 Å². The molecule has 3 nitrogen and oxygen atoms in total. The molecule has 1 N–H and O–H groups in total. The molecule has 2 heterocycles. The first-order valence-corrected chi connectivity index (χ1v) is 8.68. The highest BCUT2D eigenvalue weighted by Gasteiger charge is 2.15. The molecule has 1 aromatic carbocycles. The number of nitrogens with one attached hydrogen (secondary N) is 1. The van der Waals surface area contributed by atoms with Gasteiger partial charge in [-0.05, 0) is 37.9 Å². The number of benzene rings is 1. The Kier molecular flexibility index (Phi) is 4.45. The van der Waals surface area contributed by atoms with Crippen LogP contribution < -0.4 is 14.8 Å². The van der Waals surface area contributed by atoms with E-state index < -0.39 is 0 Å². The fraction of sp³-hybridized carbons (Fsp3) is 0.231. The Hall–Kier alpha value is -0.430. The molecule has 1 aliphatic heterocycles. The van der Waals surface area contributed by atoms with Crippen LogP contribution >= 0.6 is 54.8 Å². The lowest BCUT2D eigenvalue weighted by atomic mass is 10.2. The molecule has 7 heteroatoms. The minimum atomic E-state index is 0.585. The number of fused-ring (bicyclic) bond motifs is 1. The van der Waals surface area contributed by atoms with Crippen molar-refractivity contribution >= 4 is 60.5 Å². The van der Waals surface area contributed by atoms with Crippen LogP contribution in [-0.4, -0.2) is 13.2 Å². The maximum absolute atomic E-state index is 6.04. The summed E-state index contributed by atoms with van der Waals surface area (Å²) in [7, 11) is 0. The molecule has 106 valence electrons. The predicted molar refractivity (Wildman–Crippen MR) is 89.5 cm³/mol. The van der Waals surface area contributed by atoms with E-state index in [1.165, 1.54) is 0 Å². The van der Waals surface area contributed by atoms with Gasteiger partial charge in [-0.2, -0.15) is 0 Å². The van der Waals surface area contributed by atoms with Crippen LogP contribution in [0.25, 0.3) is 0 Å². The summed E-state index contributed by atoms with van der Waals surface area (Å²) >= 11 is 14.5. The number of hydrogen-bond acceptors (Lipinski definition) is 4. The molecule has 0 saturated carbocycles. The zero-order chi connectivity index (χ0) is 14.1. The molecule has 0 fully saturated rings. The van der Waals surface area contributed by atoms with Gasteiger partial charge in [0.05, 0.1) is 5.69 Å². The molecule has 20 heavy (non-hydrogen) atoms. The summed E-state index contributed by atoms with van der Waals surface area (Å²) in [5.74, 6) is 1.54. The van der Waals surface area contributed by atoms with Gasteiger partial charge in [0.2, 0.25) is 0 Å². The number of ether oxygens (including phenoxy) is 2. The van der Waals surface area contributed by atoms with Crippen molar-refractivity contribution in [2.75, 3.05) is 18.5 Å². The first-order chi connectivity index (χ1) is 9.63. The largest absolute Gasteiger partial charge is 0.486 e. The molecule has 0 spiro atoms. The molecule has 2 aromatic rings. The molecule has 0 aliphatic carbocycles. The van der Waals surface area contributed by atoms with E-state index in [0.29, 0.717) is 19.8 Å². The Labute approximate surface area is 142 Å². The normalized spacial score (nSPS) is 13.3. The van der Waals surface area contributed by atoms with Gasteiger partial charge in [0.1, 0.15) is 17.6 Å². The van der Waals surface area contributed by atoms with Crippen molar-refractivity contribution in [3.63, 3.8) is 0 Å². The SMILES string of the molecule is Clc1sc(CNc2cc3c(cc2Br)OCCO3)cc1Br. The number of hydrogen-bond donors (Lipinski definition) is 1. The lowest BCUT2D eigenvalue weighted by Crippen LogP contribution is -2.15. The fourth-order valence-corrected chi connectivity index (χ4v) is 4.05. The number of rotatable bonds is 3. The molecule has 0 atom stereocenters. The summed E-state index contributed by atoms with van der Waals surface area (Å²) in [4.78, 5) is 1.16. The third-order valence-electron chi connectivity index (χ3n) is 2.78. The maximum Gasteiger partial charge on any atom is 0.163 e. The average Bonchev–Trinajstić information content (AvgIpc) is 2.75. The van der Waals surface area contributed by atoms with Gasteiger partial charge >= 0.3 is 0 Å². The van der Waals surface area contributed by atoms with Gasteiger partial charge in [-0.15, -0.1) is 11.3 Å². The van der Waals surface area contributed by atoms with Crippen LogP contribution in [0.5, 0.6) is 11.5 Å². The molecule has 3 rings (SSSR count).